The molecule has 0 spiro atoms. The lowest BCUT2D eigenvalue weighted by atomic mass is 10.0. The van der Waals surface area contributed by atoms with Gasteiger partial charge < -0.3 is 13.6 Å². The monoisotopic (exact) mass is 728 g/mol. The molecule has 0 radical (unpaired) electrons. The molecule has 4 heterocycles. The largest absolute Gasteiger partial charge is 0.456 e. The van der Waals surface area contributed by atoms with E-state index in [-0.39, 0.29) is 0 Å². The topological polar surface area (TPSA) is 48.8 Å². The third kappa shape index (κ3) is 4.89. The fraction of sp³-hybridized carbons (Fsp3) is 0. The Morgan fingerprint density at radius 2 is 0.965 bits per heavy atom. The minimum absolute atomic E-state index is 0.657. The second-order valence-electron chi connectivity index (χ2n) is 14.6. The molecule has 0 saturated heterocycles. The van der Waals surface area contributed by atoms with E-state index in [1.54, 1.807) is 0 Å². The molecule has 0 bridgehead atoms. The molecule has 0 aliphatic heterocycles. The first-order chi connectivity index (χ1) is 28.3. The maximum absolute atomic E-state index is 6.31. The fourth-order valence-corrected chi connectivity index (χ4v) is 8.78. The molecule has 5 heteroatoms. The molecule has 5 nitrogen and oxygen atoms in total. The number of hydrogen-bond acceptors (Lipinski definition) is 3. The summed E-state index contributed by atoms with van der Waals surface area (Å²) in [5.41, 5.74) is 13.2. The van der Waals surface area contributed by atoms with Gasteiger partial charge in [-0.3, -0.25) is 0 Å². The standard InChI is InChI=1S/C52H32N4O/c1-3-14-33(15-4-1)43-32-44(34-26-27-40-39-21-9-12-25-48(39)57-49(40)31-34)54-52(53-43)35-16-13-19-37(30-35)56-45-23-10-7-20-38(45)41-28-29-47-50(51(41)56)42-22-8-11-24-46(42)55(47)36-17-5-2-6-18-36/h1-32H. The molecule has 12 rings (SSSR count). The summed E-state index contributed by atoms with van der Waals surface area (Å²) < 4.78 is 11.1. The molecule has 0 aliphatic rings. The second kappa shape index (κ2) is 12.4. The second-order valence-corrected chi connectivity index (χ2v) is 14.6. The van der Waals surface area contributed by atoms with Gasteiger partial charge in [-0.1, -0.05) is 127 Å². The fourth-order valence-electron chi connectivity index (χ4n) is 8.78. The van der Waals surface area contributed by atoms with Gasteiger partial charge in [0, 0.05) is 60.4 Å². The lowest BCUT2D eigenvalue weighted by molar-refractivity contribution is 0.669. The van der Waals surface area contributed by atoms with E-state index in [1.165, 1.54) is 38.1 Å². The zero-order valence-electron chi connectivity index (χ0n) is 30.7. The van der Waals surface area contributed by atoms with Crippen LogP contribution in [0.5, 0.6) is 0 Å². The summed E-state index contributed by atoms with van der Waals surface area (Å²) in [7, 11) is 0. The van der Waals surface area contributed by atoms with Gasteiger partial charge in [-0.05, 0) is 66.7 Å². The highest BCUT2D eigenvalue weighted by atomic mass is 16.3. The van der Waals surface area contributed by atoms with Crippen LogP contribution >= 0.6 is 0 Å². The number of rotatable bonds is 5. The van der Waals surface area contributed by atoms with Crippen LogP contribution < -0.4 is 0 Å². The first-order valence-electron chi connectivity index (χ1n) is 19.2. The van der Waals surface area contributed by atoms with Crippen molar-refractivity contribution >= 4 is 65.6 Å². The molecule has 0 amide bonds. The Labute approximate surface area is 327 Å². The zero-order valence-corrected chi connectivity index (χ0v) is 30.7. The third-order valence-corrected chi connectivity index (χ3v) is 11.3. The van der Waals surface area contributed by atoms with Crippen molar-refractivity contribution in [1.82, 2.24) is 19.1 Å². The van der Waals surface area contributed by atoms with Crippen LogP contribution in [0.4, 0.5) is 0 Å². The summed E-state index contributed by atoms with van der Waals surface area (Å²) in [5, 5.41) is 7.06. The van der Waals surface area contributed by atoms with Crippen molar-refractivity contribution in [2.75, 3.05) is 0 Å². The molecule has 0 fully saturated rings. The van der Waals surface area contributed by atoms with Crippen LogP contribution in [0.1, 0.15) is 0 Å². The number of fused-ring (bicyclic) bond motifs is 10. The van der Waals surface area contributed by atoms with Gasteiger partial charge in [0.05, 0.1) is 33.5 Å². The van der Waals surface area contributed by atoms with E-state index in [2.05, 4.69) is 179 Å². The van der Waals surface area contributed by atoms with Crippen LogP contribution in [0.25, 0.3) is 111 Å². The van der Waals surface area contributed by atoms with E-state index < -0.39 is 0 Å². The van der Waals surface area contributed by atoms with Gasteiger partial charge in [-0.15, -0.1) is 0 Å². The van der Waals surface area contributed by atoms with Crippen molar-refractivity contribution in [1.29, 1.82) is 0 Å². The van der Waals surface area contributed by atoms with Crippen LogP contribution in [0, 0.1) is 0 Å². The molecule has 0 N–H and O–H groups in total. The Hall–Kier alpha value is -7.76. The molecule has 57 heavy (non-hydrogen) atoms. The Kier molecular flexibility index (Phi) is 6.86. The van der Waals surface area contributed by atoms with Crippen LogP contribution in [0.2, 0.25) is 0 Å². The molecule has 4 aromatic heterocycles. The summed E-state index contributed by atoms with van der Waals surface area (Å²) in [4.78, 5) is 10.5. The molecule has 12 aromatic rings. The third-order valence-electron chi connectivity index (χ3n) is 11.3. The van der Waals surface area contributed by atoms with Gasteiger partial charge in [0.1, 0.15) is 11.2 Å². The summed E-state index contributed by atoms with van der Waals surface area (Å²) in [5.74, 6) is 0.657. The van der Waals surface area contributed by atoms with Crippen LogP contribution in [0.15, 0.2) is 199 Å². The Bertz CT molecular complexity index is 3520. The summed E-state index contributed by atoms with van der Waals surface area (Å²) in [6.45, 7) is 0. The number of nitrogens with zero attached hydrogens (tertiary/aromatic N) is 4. The van der Waals surface area contributed by atoms with Gasteiger partial charge in [0.15, 0.2) is 5.82 Å². The molecule has 0 atom stereocenters. The molecule has 0 aliphatic carbocycles. The number of furan rings is 1. The molecular formula is C52H32N4O. The van der Waals surface area contributed by atoms with Crippen molar-refractivity contribution in [2.24, 2.45) is 0 Å². The van der Waals surface area contributed by atoms with Gasteiger partial charge in [-0.25, -0.2) is 9.97 Å². The Balaban J connectivity index is 1.09. The first kappa shape index (κ1) is 31.6. The molecular weight excluding hydrogens is 697 g/mol. The normalized spacial score (nSPS) is 11.9. The maximum Gasteiger partial charge on any atom is 0.160 e. The predicted octanol–water partition coefficient (Wildman–Crippen LogP) is 13.6. The van der Waals surface area contributed by atoms with Gasteiger partial charge in [0.2, 0.25) is 0 Å². The number of hydrogen-bond donors (Lipinski definition) is 0. The van der Waals surface area contributed by atoms with E-state index in [0.717, 1.165) is 66.9 Å². The number of para-hydroxylation sites is 4. The lowest BCUT2D eigenvalue weighted by Gasteiger charge is -2.13. The quantitative estimate of drug-likeness (QED) is 0.177. The maximum atomic E-state index is 6.31. The van der Waals surface area contributed by atoms with Gasteiger partial charge in [0.25, 0.3) is 0 Å². The van der Waals surface area contributed by atoms with Crippen molar-refractivity contribution in [3.63, 3.8) is 0 Å². The number of benzene rings is 8. The van der Waals surface area contributed by atoms with Crippen molar-refractivity contribution in [3.05, 3.63) is 194 Å². The predicted molar refractivity (Wildman–Crippen MR) is 234 cm³/mol. The summed E-state index contributed by atoms with van der Waals surface area (Å²) >= 11 is 0. The zero-order chi connectivity index (χ0) is 37.5. The lowest BCUT2D eigenvalue weighted by Crippen LogP contribution is -1.98. The summed E-state index contributed by atoms with van der Waals surface area (Å²) in [6.07, 6.45) is 0. The highest BCUT2D eigenvalue weighted by Crippen LogP contribution is 2.42. The average molecular weight is 729 g/mol. The molecule has 0 saturated carbocycles. The molecule has 0 unspecified atom stereocenters. The Morgan fingerprint density at radius 3 is 1.79 bits per heavy atom. The highest BCUT2D eigenvalue weighted by molar-refractivity contribution is 6.26. The van der Waals surface area contributed by atoms with Crippen LogP contribution in [-0.4, -0.2) is 19.1 Å². The van der Waals surface area contributed by atoms with E-state index in [4.69, 9.17) is 14.4 Å². The smallest absolute Gasteiger partial charge is 0.160 e. The Morgan fingerprint density at radius 1 is 0.351 bits per heavy atom. The van der Waals surface area contributed by atoms with Crippen molar-refractivity contribution < 1.29 is 4.42 Å². The van der Waals surface area contributed by atoms with Crippen molar-refractivity contribution in [3.8, 4) is 45.3 Å². The van der Waals surface area contributed by atoms with Gasteiger partial charge in [-0.2, -0.15) is 0 Å². The van der Waals surface area contributed by atoms with E-state index in [9.17, 15) is 0 Å². The van der Waals surface area contributed by atoms with Crippen molar-refractivity contribution in [2.45, 2.75) is 0 Å². The first-order valence-corrected chi connectivity index (χ1v) is 19.2. The van der Waals surface area contributed by atoms with Gasteiger partial charge >= 0.3 is 0 Å². The molecule has 266 valence electrons. The highest BCUT2D eigenvalue weighted by Gasteiger charge is 2.21. The van der Waals surface area contributed by atoms with E-state index in [1.807, 2.05) is 24.3 Å². The average Bonchev–Trinajstić information content (AvgIpc) is 3.94. The van der Waals surface area contributed by atoms with E-state index >= 15 is 0 Å². The van der Waals surface area contributed by atoms with Crippen LogP contribution in [0.3, 0.4) is 0 Å². The molecule has 8 aromatic carbocycles. The van der Waals surface area contributed by atoms with E-state index in [0.29, 0.717) is 5.82 Å². The van der Waals surface area contributed by atoms with Crippen LogP contribution in [-0.2, 0) is 0 Å². The number of aromatic nitrogens is 4. The minimum Gasteiger partial charge on any atom is -0.456 e. The SMILES string of the molecule is c1ccc(-c2cc(-c3ccc4c(c3)oc3ccccc34)nc(-c3cccc(-n4c5ccccc5c5ccc6c(c7ccccc7n6-c6ccccc6)c54)c3)n2)cc1. The minimum atomic E-state index is 0.657. The summed E-state index contributed by atoms with van der Waals surface area (Å²) in [6, 6.07) is 68.3.